The molecule has 1 heterocycles. The van der Waals surface area contributed by atoms with Crippen molar-refractivity contribution in [1.29, 1.82) is 0 Å². The van der Waals surface area contributed by atoms with Crippen LogP contribution in [0.1, 0.15) is 32.3 Å². The molecule has 8 heteroatoms. The number of hydrogen-bond acceptors (Lipinski definition) is 4. The Kier molecular flexibility index (Phi) is 5.58. The van der Waals surface area contributed by atoms with Gasteiger partial charge in [-0.2, -0.15) is 0 Å². The molecule has 4 amide bonds. The SMILES string of the molecule is CN(C)C(=O)CN1C(=O)C(C(=O)N[C@H](C(N)=O)C(C)(C)C)c2ccccc21. The second kappa shape index (κ2) is 7.38. The van der Waals surface area contributed by atoms with Crippen molar-refractivity contribution in [3.05, 3.63) is 29.8 Å². The summed E-state index contributed by atoms with van der Waals surface area (Å²) in [5, 5.41) is 2.61. The lowest BCUT2D eigenvalue weighted by Gasteiger charge is -2.29. The summed E-state index contributed by atoms with van der Waals surface area (Å²) < 4.78 is 0. The molecule has 3 N–H and O–H groups in total. The summed E-state index contributed by atoms with van der Waals surface area (Å²) in [5.74, 6) is -3.16. The molecule has 0 fully saturated rings. The Bertz CT molecular complexity index is 782. The van der Waals surface area contributed by atoms with Crippen LogP contribution in [0.5, 0.6) is 0 Å². The summed E-state index contributed by atoms with van der Waals surface area (Å²) in [6, 6.07) is 5.90. The third kappa shape index (κ3) is 4.10. The summed E-state index contributed by atoms with van der Waals surface area (Å²) in [6.45, 7) is 5.16. The number of benzene rings is 1. The van der Waals surface area contributed by atoms with Gasteiger partial charge >= 0.3 is 0 Å². The van der Waals surface area contributed by atoms with Crippen LogP contribution in [0.25, 0.3) is 0 Å². The molecule has 2 atom stereocenters. The number of carbonyl (C=O) groups excluding carboxylic acids is 4. The van der Waals surface area contributed by atoms with Crippen molar-refractivity contribution < 1.29 is 19.2 Å². The average Bonchev–Trinajstić information content (AvgIpc) is 2.83. The fraction of sp³-hybridized carbons (Fsp3) is 0.474. The lowest BCUT2D eigenvalue weighted by Crippen LogP contribution is -2.54. The molecule has 1 unspecified atom stereocenters. The maximum Gasteiger partial charge on any atom is 0.244 e. The molecule has 0 aromatic heterocycles. The van der Waals surface area contributed by atoms with Crippen LogP contribution in [0.2, 0.25) is 0 Å². The molecular formula is C19H26N4O4. The van der Waals surface area contributed by atoms with E-state index in [1.165, 1.54) is 9.80 Å². The number of nitrogens with two attached hydrogens (primary N) is 1. The van der Waals surface area contributed by atoms with Gasteiger partial charge in [-0.3, -0.25) is 19.2 Å². The molecule has 0 bridgehead atoms. The number of nitrogens with one attached hydrogen (secondary N) is 1. The van der Waals surface area contributed by atoms with Gasteiger partial charge in [0.2, 0.25) is 23.6 Å². The summed E-state index contributed by atoms with van der Waals surface area (Å²) in [5.41, 5.74) is 5.84. The molecule has 8 nitrogen and oxygen atoms in total. The van der Waals surface area contributed by atoms with Gasteiger partial charge in [-0.25, -0.2) is 0 Å². The van der Waals surface area contributed by atoms with Crippen LogP contribution >= 0.6 is 0 Å². The first kappa shape index (κ1) is 20.4. The molecular weight excluding hydrogens is 348 g/mol. The number of anilines is 1. The van der Waals surface area contributed by atoms with Crippen molar-refractivity contribution in [3.63, 3.8) is 0 Å². The summed E-state index contributed by atoms with van der Waals surface area (Å²) in [6.07, 6.45) is 0. The third-order valence-corrected chi connectivity index (χ3v) is 4.54. The molecule has 0 saturated heterocycles. The van der Waals surface area contributed by atoms with Gasteiger partial charge < -0.3 is 20.9 Å². The molecule has 146 valence electrons. The van der Waals surface area contributed by atoms with Crippen molar-refractivity contribution in [2.45, 2.75) is 32.7 Å². The fourth-order valence-electron chi connectivity index (χ4n) is 3.02. The van der Waals surface area contributed by atoms with E-state index in [1.54, 1.807) is 59.1 Å². The fourth-order valence-corrected chi connectivity index (χ4v) is 3.02. The minimum Gasteiger partial charge on any atom is -0.368 e. The zero-order chi connectivity index (χ0) is 20.5. The molecule has 0 saturated carbocycles. The Labute approximate surface area is 158 Å². The van der Waals surface area contributed by atoms with Gasteiger partial charge in [0, 0.05) is 19.8 Å². The zero-order valence-corrected chi connectivity index (χ0v) is 16.3. The molecule has 1 aliphatic heterocycles. The monoisotopic (exact) mass is 374 g/mol. The quantitative estimate of drug-likeness (QED) is 0.718. The minimum absolute atomic E-state index is 0.162. The van der Waals surface area contributed by atoms with Crippen molar-refractivity contribution in [2.75, 3.05) is 25.5 Å². The topological polar surface area (TPSA) is 113 Å². The van der Waals surface area contributed by atoms with E-state index >= 15 is 0 Å². The van der Waals surface area contributed by atoms with Gasteiger partial charge in [-0.05, 0) is 17.0 Å². The Hall–Kier alpha value is -2.90. The number of hydrogen-bond donors (Lipinski definition) is 2. The molecule has 27 heavy (non-hydrogen) atoms. The Morgan fingerprint density at radius 1 is 1.22 bits per heavy atom. The Balaban J connectivity index is 2.34. The van der Waals surface area contributed by atoms with E-state index in [9.17, 15) is 19.2 Å². The summed E-state index contributed by atoms with van der Waals surface area (Å²) in [7, 11) is 3.19. The molecule has 0 radical (unpaired) electrons. The van der Waals surface area contributed by atoms with Gasteiger partial charge in [0.1, 0.15) is 18.5 Å². The Morgan fingerprint density at radius 2 is 1.81 bits per heavy atom. The van der Waals surface area contributed by atoms with Crippen LogP contribution in [0.3, 0.4) is 0 Å². The van der Waals surface area contributed by atoms with Crippen molar-refractivity contribution >= 4 is 29.3 Å². The lowest BCUT2D eigenvalue weighted by molar-refractivity contribution is -0.135. The van der Waals surface area contributed by atoms with E-state index < -0.39 is 35.1 Å². The van der Waals surface area contributed by atoms with E-state index in [4.69, 9.17) is 5.73 Å². The predicted molar refractivity (Wildman–Crippen MR) is 101 cm³/mol. The van der Waals surface area contributed by atoms with Gasteiger partial charge in [-0.15, -0.1) is 0 Å². The first-order chi connectivity index (χ1) is 12.4. The van der Waals surface area contributed by atoms with E-state index in [2.05, 4.69) is 5.32 Å². The maximum absolute atomic E-state index is 12.9. The minimum atomic E-state index is -1.12. The van der Waals surface area contributed by atoms with E-state index in [0.29, 0.717) is 11.3 Å². The Morgan fingerprint density at radius 3 is 2.33 bits per heavy atom. The molecule has 2 rings (SSSR count). The van der Waals surface area contributed by atoms with Crippen molar-refractivity contribution in [1.82, 2.24) is 10.2 Å². The first-order valence-electron chi connectivity index (χ1n) is 8.65. The first-order valence-corrected chi connectivity index (χ1v) is 8.65. The van der Waals surface area contributed by atoms with Gasteiger partial charge in [-0.1, -0.05) is 39.0 Å². The van der Waals surface area contributed by atoms with E-state index in [-0.39, 0.29) is 12.5 Å². The zero-order valence-electron chi connectivity index (χ0n) is 16.3. The normalized spacial score (nSPS) is 17.3. The van der Waals surface area contributed by atoms with Crippen LogP contribution in [0.4, 0.5) is 5.69 Å². The van der Waals surface area contributed by atoms with E-state index in [0.717, 1.165) is 0 Å². The smallest absolute Gasteiger partial charge is 0.244 e. The highest BCUT2D eigenvalue weighted by atomic mass is 16.2. The number of carbonyl (C=O) groups is 4. The molecule has 1 aromatic rings. The predicted octanol–water partition coefficient (Wildman–Crippen LogP) is 0.221. The number of primary amides is 1. The molecule has 0 spiro atoms. The largest absolute Gasteiger partial charge is 0.368 e. The number of nitrogens with zero attached hydrogens (tertiary/aromatic N) is 2. The van der Waals surface area contributed by atoms with Crippen molar-refractivity contribution in [3.8, 4) is 0 Å². The number of para-hydroxylation sites is 1. The second-order valence-electron chi connectivity index (χ2n) is 7.91. The molecule has 0 aliphatic carbocycles. The number of rotatable bonds is 5. The highest BCUT2D eigenvalue weighted by molar-refractivity contribution is 6.19. The lowest BCUT2D eigenvalue weighted by atomic mass is 9.85. The van der Waals surface area contributed by atoms with Crippen LogP contribution < -0.4 is 16.0 Å². The van der Waals surface area contributed by atoms with Gasteiger partial charge in [0.15, 0.2) is 0 Å². The maximum atomic E-state index is 12.9. The van der Waals surface area contributed by atoms with Crippen molar-refractivity contribution in [2.24, 2.45) is 11.1 Å². The number of amides is 4. The third-order valence-electron chi connectivity index (χ3n) is 4.54. The molecule has 1 aromatic carbocycles. The highest BCUT2D eigenvalue weighted by Crippen LogP contribution is 2.37. The number of fused-ring (bicyclic) bond motifs is 1. The van der Waals surface area contributed by atoms with E-state index in [1.807, 2.05) is 0 Å². The summed E-state index contributed by atoms with van der Waals surface area (Å²) >= 11 is 0. The molecule has 1 aliphatic rings. The van der Waals surface area contributed by atoms with Crippen LogP contribution in [0.15, 0.2) is 24.3 Å². The highest BCUT2D eigenvalue weighted by Gasteiger charge is 2.44. The summed E-state index contributed by atoms with van der Waals surface area (Å²) in [4.78, 5) is 52.4. The van der Waals surface area contributed by atoms with Crippen LogP contribution in [-0.4, -0.2) is 55.2 Å². The van der Waals surface area contributed by atoms with Crippen LogP contribution in [0, 0.1) is 5.41 Å². The average molecular weight is 374 g/mol. The van der Waals surface area contributed by atoms with Gasteiger partial charge in [0.05, 0.1) is 0 Å². The second-order valence-corrected chi connectivity index (χ2v) is 7.91. The standard InChI is InChI=1S/C19H26N4O4/c1-19(2,3)15(16(20)25)21-17(26)14-11-8-6-7-9-12(11)23(18(14)27)10-13(24)22(4)5/h6-9,14-15H,10H2,1-5H3,(H2,20,25)(H,21,26)/t14?,15-/m1/s1. The van der Waals surface area contributed by atoms with Gasteiger partial charge in [0.25, 0.3) is 0 Å². The number of likely N-dealkylation sites (N-methyl/N-ethyl adjacent to an activating group) is 1. The van der Waals surface area contributed by atoms with Crippen LogP contribution in [-0.2, 0) is 19.2 Å².